The second-order valence-corrected chi connectivity index (χ2v) is 4.56. The van der Waals surface area contributed by atoms with E-state index in [0.29, 0.717) is 6.04 Å². The molecule has 1 N–H and O–H groups in total. The largest absolute Gasteiger partial charge is 0.380 e. The maximum absolute atomic E-state index is 4.33. The Bertz CT molecular complexity index is 316. The van der Waals surface area contributed by atoms with Crippen LogP contribution < -0.4 is 5.32 Å². The fourth-order valence-electron chi connectivity index (χ4n) is 2.30. The van der Waals surface area contributed by atoms with E-state index in [1.54, 1.807) is 0 Å². The standard InChI is InChI=1S/C11H19N3/c1-8-4-5-10(6-8)12-11-7-14(3)13-9(11)2/h7-8,10,12H,4-6H2,1-3H3. The lowest BCUT2D eigenvalue weighted by atomic mass is 10.1. The third-order valence-corrected chi connectivity index (χ3v) is 3.07. The van der Waals surface area contributed by atoms with Gasteiger partial charge in [0.1, 0.15) is 0 Å². The van der Waals surface area contributed by atoms with Crippen molar-refractivity contribution in [3.05, 3.63) is 11.9 Å². The van der Waals surface area contributed by atoms with Crippen molar-refractivity contribution in [3.63, 3.8) is 0 Å². The molecule has 0 amide bonds. The van der Waals surface area contributed by atoms with Crippen LogP contribution in [0.25, 0.3) is 0 Å². The number of anilines is 1. The molecule has 0 spiro atoms. The lowest BCUT2D eigenvalue weighted by Gasteiger charge is -2.12. The first-order chi connectivity index (χ1) is 6.65. The SMILES string of the molecule is Cc1nn(C)cc1NC1CCC(C)C1. The van der Waals surface area contributed by atoms with Gasteiger partial charge in [0.2, 0.25) is 0 Å². The molecule has 2 unspecified atom stereocenters. The fraction of sp³-hybridized carbons (Fsp3) is 0.727. The number of hydrogen-bond donors (Lipinski definition) is 1. The van der Waals surface area contributed by atoms with Crippen molar-refractivity contribution in [2.24, 2.45) is 13.0 Å². The smallest absolute Gasteiger partial charge is 0.0825 e. The summed E-state index contributed by atoms with van der Waals surface area (Å²) in [5, 5.41) is 7.90. The van der Waals surface area contributed by atoms with Crippen LogP contribution in [0.4, 0.5) is 5.69 Å². The van der Waals surface area contributed by atoms with Gasteiger partial charge in [-0.1, -0.05) is 6.92 Å². The average molecular weight is 193 g/mol. The molecule has 1 heterocycles. The highest BCUT2D eigenvalue weighted by Crippen LogP contribution is 2.28. The lowest BCUT2D eigenvalue weighted by Crippen LogP contribution is -2.15. The van der Waals surface area contributed by atoms with Gasteiger partial charge in [-0.05, 0) is 32.1 Å². The minimum absolute atomic E-state index is 0.660. The van der Waals surface area contributed by atoms with Gasteiger partial charge in [0.25, 0.3) is 0 Å². The van der Waals surface area contributed by atoms with E-state index in [1.807, 2.05) is 11.7 Å². The number of rotatable bonds is 2. The van der Waals surface area contributed by atoms with Gasteiger partial charge in [0.05, 0.1) is 11.4 Å². The predicted molar refractivity (Wildman–Crippen MR) is 58.4 cm³/mol. The molecule has 1 fully saturated rings. The van der Waals surface area contributed by atoms with Crippen LogP contribution in [-0.2, 0) is 7.05 Å². The number of nitrogens with zero attached hydrogens (tertiary/aromatic N) is 2. The first-order valence-corrected chi connectivity index (χ1v) is 5.42. The molecule has 1 aliphatic rings. The summed E-state index contributed by atoms with van der Waals surface area (Å²) in [5.74, 6) is 0.879. The molecule has 1 aliphatic carbocycles. The lowest BCUT2D eigenvalue weighted by molar-refractivity contribution is 0.602. The number of aromatic nitrogens is 2. The fourth-order valence-corrected chi connectivity index (χ4v) is 2.30. The van der Waals surface area contributed by atoms with Crippen LogP contribution >= 0.6 is 0 Å². The topological polar surface area (TPSA) is 29.9 Å². The van der Waals surface area contributed by atoms with Crippen molar-refractivity contribution < 1.29 is 0 Å². The van der Waals surface area contributed by atoms with E-state index in [4.69, 9.17) is 0 Å². The van der Waals surface area contributed by atoms with E-state index < -0.39 is 0 Å². The summed E-state index contributed by atoms with van der Waals surface area (Å²) in [7, 11) is 1.97. The molecule has 0 radical (unpaired) electrons. The highest BCUT2D eigenvalue weighted by Gasteiger charge is 2.21. The van der Waals surface area contributed by atoms with E-state index in [2.05, 4.69) is 30.5 Å². The van der Waals surface area contributed by atoms with Gasteiger partial charge < -0.3 is 5.32 Å². The van der Waals surface area contributed by atoms with Crippen molar-refractivity contribution in [3.8, 4) is 0 Å². The molecule has 0 aromatic carbocycles. The first-order valence-electron chi connectivity index (χ1n) is 5.42. The van der Waals surface area contributed by atoms with Gasteiger partial charge >= 0.3 is 0 Å². The molecule has 0 bridgehead atoms. The molecule has 2 atom stereocenters. The second kappa shape index (κ2) is 3.64. The Morgan fingerprint density at radius 3 is 2.79 bits per heavy atom. The molecule has 2 rings (SSSR count). The summed E-state index contributed by atoms with van der Waals surface area (Å²) >= 11 is 0. The average Bonchev–Trinajstić information content (AvgIpc) is 2.61. The third-order valence-electron chi connectivity index (χ3n) is 3.07. The van der Waals surface area contributed by atoms with Gasteiger partial charge in [-0.25, -0.2) is 0 Å². The van der Waals surface area contributed by atoms with Crippen molar-refractivity contribution in [2.45, 2.75) is 39.2 Å². The van der Waals surface area contributed by atoms with Gasteiger partial charge in [-0.3, -0.25) is 4.68 Å². The van der Waals surface area contributed by atoms with E-state index in [-0.39, 0.29) is 0 Å². The highest BCUT2D eigenvalue weighted by molar-refractivity contribution is 5.46. The molecule has 1 aromatic rings. The molecular formula is C11H19N3. The van der Waals surface area contributed by atoms with E-state index in [0.717, 1.165) is 11.6 Å². The zero-order valence-corrected chi connectivity index (χ0v) is 9.25. The van der Waals surface area contributed by atoms with E-state index in [9.17, 15) is 0 Å². The zero-order valence-electron chi connectivity index (χ0n) is 9.25. The Balaban J connectivity index is 2.00. The molecule has 3 nitrogen and oxygen atoms in total. The van der Waals surface area contributed by atoms with Crippen LogP contribution in [0, 0.1) is 12.8 Å². The third kappa shape index (κ3) is 1.91. The number of aryl methyl sites for hydroxylation is 2. The normalized spacial score (nSPS) is 26.8. The molecule has 1 aromatic heterocycles. The maximum Gasteiger partial charge on any atom is 0.0825 e. The summed E-state index contributed by atoms with van der Waals surface area (Å²) in [6, 6.07) is 0.660. The van der Waals surface area contributed by atoms with Crippen molar-refractivity contribution in [1.82, 2.24) is 9.78 Å². The Labute approximate surface area is 85.5 Å². The maximum atomic E-state index is 4.33. The second-order valence-electron chi connectivity index (χ2n) is 4.56. The Morgan fingerprint density at radius 2 is 2.29 bits per heavy atom. The Hall–Kier alpha value is -0.990. The van der Waals surface area contributed by atoms with Gasteiger partial charge in [0.15, 0.2) is 0 Å². The van der Waals surface area contributed by atoms with Crippen LogP contribution in [0.1, 0.15) is 31.9 Å². The minimum Gasteiger partial charge on any atom is -0.380 e. The van der Waals surface area contributed by atoms with Crippen molar-refractivity contribution >= 4 is 5.69 Å². The first kappa shape index (κ1) is 9.56. The number of hydrogen-bond acceptors (Lipinski definition) is 2. The van der Waals surface area contributed by atoms with Gasteiger partial charge in [-0.15, -0.1) is 0 Å². The van der Waals surface area contributed by atoms with E-state index in [1.165, 1.54) is 24.9 Å². The molecular weight excluding hydrogens is 174 g/mol. The predicted octanol–water partition coefficient (Wildman–Crippen LogP) is 2.33. The Kier molecular flexibility index (Phi) is 2.48. The summed E-state index contributed by atoms with van der Waals surface area (Å²) in [5.41, 5.74) is 2.30. The van der Waals surface area contributed by atoms with Crippen LogP contribution in [0.5, 0.6) is 0 Å². The molecule has 0 saturated heterocycles. The summed E-state index contributed by atoms with van der Waals surface area (Å²) in [6.45, 7) is 4.39. The summed E-state index contributed by atoms with van der Waals surface area (Å²) in [6.07, 6.45) is 6.03. The monoisotopic (exact) mass is 193 g/mol. The van der Waals surface area contributed by atoms with Gasteiger partial charge in [0, 0.05) is 19.3 Å². The van der Waals surface area contributed by atoms with Crippen LogP contribution in [0.15, 0.2) is 6.20 Å². The van der Waals surface area contributed by atoms with Crippen LogP contribution in [-0.4, -0.2) is 15.8 Å². The van der Waals surface area contributed by atoms with Crippen molar-refractivity contribution in [2.75, 3.05) is 5.32 Å². The Morgan fingerprint density at radius 1 is 1.50 bits per heavy atom. The molecule has 1 saturated carbocycles. The van der Waals surface area contributed by atoms with Crippen LogP contribution in [0.2, 0.25) is 0 Å². The molecule has 0 aliphatic heterocycles. The quantitative estimate of drug-likeness (QED) is 0.781. The summed E-state index contributed by atoms with van der Waals surface area (Å²) in [4.78, 5) is 0. The van der Waals surface area contributed by atoms with Gasteiger partial charge in [-0.2, -0.15) is 5.10 Å². The van der Waals surface area contributed by atoms with Crippen molar-refractivity contribution in [1.29, 1.82) is 0 Å². The number of nitrogens with one attached hydrogen (secondary N) is 1. The highest BCUT2D eigenvalue weighted by atomic mass is 15.3. The summed E-state index contributed by atoms with van der Waals surface area (Å²) < 4.78 is 1.87. The molecule has 78 valence electrons. The molecule has 3 heteroatoms. The van der Waals surface area contributed by atoms with E-state index >= 15 is 0 Å². The minimum atomic E-state index is 0.660. The molecule has 14 heavy (non-hydrogen) atoms. The zero-order chi connectivity index (χ0) is 10.1. The van der Waals surface area contributed by atoms with Crippen LogP contribution in [0.3, 0.4) is 0 Å².